The van der Waals surface area contributed by atoms with Gasteiger partial charge >= 0.3 is 7.75 Å². The number of aryl methyl sites for hydroxylation is 2. The van der Waals surface area contributed by atoms with E-state index in [2.05, 4.69) is 38.1 Å². The average molecular weight is 259 g/mol. The van der Waals surface area contributed by atoms with E-state index in [1.807, 2.05) is 5.09 Å². The molecule has 0 spiro atoms. The smallest absolute Gasteiger partial charge is 0.313 e. The molecule has 98 valence electrons. The van der Waals surface area contributed by atoms with E-state index >= 15 is 0 Å². The number of rotatable bonds is 4. The Hall–Kier alpha value is -0.670. The molecular formula is C12H22NO3P. The van der Waals surface area contributed by atoms with Crippen LogP contribution in [0.25, 0.3) is 0 Å². The highest BCUT2D eigenvalue weighted by atomic mass is 31.2. The summed E-state index contributed by atoms with van der Waals surface area (Å²) < 4.78 is 9.81. The van der Waals surface area contributed by atoms with E-state index in [1.54, 1.807) is 6.92 Å². The Bertz CT molecular complexity index is 340. The van der Waals surface area contributed by atoms with Gasteiger partial charge in [0, 0.05) is 6.54 Å². The van der Waals surface area contributed by atoms with E-state index < -0.39 is 7.75 Å². The van der Waals surface area contributed by atoms with Crippen LogP contribution < -0.4 is 5.09 Å². The molecule has 0 radical (unpaired) electrons. The fourth-order valence-electron chi connectivity index (χ4n) is 1.45. The fourth-order valence-corrected chi connectivity index (χ4v) is 1.87. The summed E-state index contributed by atoms with van der Waals surface area (Å²) in [4.78, 5) is 16.0. The van der Waals surface area contributed by atoms with Gasteiger partial charge < -0.3 is 9.79 Å². The van der Waals surface area contributed by atoms with Crippen LogP contribution in [0.5, 0.6) is 0 Å². The zero-order chi connectivity index (χ0) is 13.3. The molecule has 3 N–H and O–H groups in total. The van der Waals surface area contributed by atoms with Gasteiger partial charge in [-0.1, -0.05) is 45.0 Å². The van der Waals surface area contributed by atoms with Gasteiger partial charge in [0.25, 0.3) is 0 Å². The van der Waals surface area contributed by atoms with E-state index in [0.717, 1.165) is 12.8 Å². The van der Waals surface area contributed by atoms with Gasteiger partial charge in [-0.25, -0.2) is 9.65 Å². The topological polar surface area (TPSA) is 69.6 Å². The fraction of sp³-hybridized carbons (Fsp3) is 0.500. The molecule has 0 aromatic heterocycles. The van der Waals surface area contributed by atoms with Gasteiger partial charge in [0.1, 0.15) is 0 Å². The lowest BCUT2D eigenvalue weighted by Gasteiger charge is -2.02. The van der Waals surface area contributed by atoms with E-state index in [4.69, 9.17) is 9.79 Å². The summed E-state index contributed by atoms with van der Waals surface area (Å²) in [6, 6.07) is 8.63. The third-order valence-corrected chi connectivity index (χ3v) is 2.97. The third-order valence-electron chi connectivity index (χ3n) is 2.24. The minimum atomic E-state index is -3.92. The summed E-state index contributed by atoms with van der Waals surface area (Å²) in [7, 11) is -3.92. The highest BCUT2D eigenvalue weighted by Crippen LogP contribution is 2.26. The highest BCUT2D eigenvalue weighted by molar-refractivity contribution is 7.49. The maximum absolute atomic E-state index is 9.81. The van der Waals surface area contributed by atoms with Crippen LogP contribution in [0, 0.1) is 0 Å². The molecule has 0 aliphatic rings. The third kappa shape index (κ3) is 8.11. The van der Waals surface area contributed by atoms with Gasteiger partial charge in [0.2, 0.25) is 0 Å². The molecule has 0 aliphatic carbocycles. The molecule has 0 aliphatic heterocycles. The van der Waals surface area contributed by atoms with E-state index in [1.165, 1.54) is 11.1 Å². The van der Waals surface area contributed by atoms with Crippen molar-refractivity contribution in [2.45, 2.75) is 33.6 Å². The maximum atomic E-state index is 9.81. The summed E-state index contributed by atoms with van der Waals surface area (Å²) in [6.45, 7) is 6.33. The lowest BCUT2D eigenvalue weighted by Crippen LogP contribution is -2.06. The van der Waals surface area contributed by atoms with E-state index in [0.29, 0.717) is 6.54 Å². The summed E-state index contributed by atoms with van der Waals surface area (Å²) in [6.07, 6.45) is 2.31. The Morgan fingerprint density at radius 1 is 1.06 bits per heavy atom. The lowest BCUT2D eigenvalue weighted by atomic mass is 10.0. The van der Waals surface area contributed by atoms with Crippen molar-refractivity contribution in [1.82, 2.24) is 5.09 Å². The predicted octanol–water partition coefficient (Wildman–Crippen LogP) is 2.50. The second-order valence-electron chi connectivity index (χ2n) is 3.53. The van der Waals surface area contributed by atoms with Crippen molar-refractivity contribution in [2.24, 2.45) is 0 Å². The van der Waals surface area contributed by atoms with Crippen molar-refractivity contribution in [3.63, 3.8) is 0 Å². The number of hydrogen-bond acceptors (Lipinski definition) is 1. The molecule has 5 heteroatoms. The first-order chi connectivity index (χ1) is 7.94. The Labute approximate surface area is 103 Å². The normalized spacial score (nSPS) is 10.6. The Kier molecular flexibility index (Phi) is 8.09. The molecule has 4 nitrogen and oxygen atoms in total. The largest absolute Gasteiger partial charge is 0.400 e. The maximum Gasteiger partial charge on any atom is 0.400 e. The predicted molar refractivity (Wildman–Crippen MR) is 70.9 cm³/mol. The molecular weight excluding hydrogens is 237 g/mol. The summed E-state index contributed by atoms with van der Waals surface area (Å²) >= 11 is 0. The zero-order valence-corrected chi connectivity index (χ0v) is 11.6. The average Bonchev–Trinajstić information content (AvgIpc) is 2.28. The SMILES string of the molecule is CCNP(=O)(O)O.CCc1ccccc1CC. The second kappa shape index (κ2) is 8.43. The first kappa shape index (κ1) is 16.3. The van der Waals surface area contributed by atoms with Crippen molar-refractivity contribution in [3.05, 3.63) is 35.4 Å². The first-order valence-corrected chi connectivity index (χ1v) is 7.43. The molecule has 1 rings (SSSR count). The molecule has 0 heterocycles. The molecule has 1 aromatic carbocycles. The molecule has 0 unspecified atom stereocenters. The van der Waals surface area contributed by atoms with E-state index in [-0.39, 0.29) is 0 Å². The van der Waals surface area contributed by atoms with Gasteiger partial charge in [0.05, 0.1) is 0 Å². The van der Waals surface area contributed by atoms with Crippen molar-refractivity contribution in [3.8, 4) is 0 Å². The molecule has 1 aromatic rings. The molecule has 0 amide bonds. The van der Waals surface area contributed by atoms with Crippen molar-refractivity contribution in [1.29, 1.82) is 0 Å². The van der Waals surface area contributed by atoms with Crippen LogP contribution in [0.2, 0.25) is 0 Å². The van der Waals surface area contributed by atoms with Gasteiger partial charge in [-0.15, -0.1) is 0 Å². The van der Waals surface area contributed by atoms with Crippen LogP contribution in [-0.2, 0) is 17.4 Å². The van der Waals surface area contributed by atoms with Crippen molar-refractivity contribution in [2.75, 3.05) is 6.54 Å². The summed E-state index contributed by atoms with van der Waals surface area (Å²) in [5, 5.41) is 1.95. The Morgan fingerprint density at radius 2 is 1.47 bits per heavy atom. The molecule has 0 saturated heterocycles. The zero-order valence-electron chi connectivity index (χ0n) is 10.7. The second-order valence-corrected chi connectivity index (χ2v) is 4.94. The van der Waals surface area contributed by atoms with Gasteiger partial charge in [-0.2, -0.15) is 0 Å². The summed E-state index contributed by atoms with van der Waals surface area (Å²) in [5.74, 6) is 0. The molecule has 0 bridgehead atoms. The van der Waals surface area contributed by atoms with Crippen LogP contribution in [0.1, 0.15) is 31.9 Å². The van der Waals surface area contributed by atoms with Crippen molar-refractivity contribution < 1.29 is 14.4 Å². The Morgan fingerprint density at radius 3 is 1.65 bits per heavy atom. The van der Waals surface area contributed by atoms with Crippen LogP contribution in [0.3, 0.4) is 0 Å². The molecule has 0 fully saturated rings. The minimum absolute atomic E-state index is 0.296. The lowest BCUT2D eigenvalue weighted by molar-refractivity contribution is 0.359. The first-order valence-electron chi connectivity index (χ1n) is 5.82. The van der Waals surface area contributed by atoms with Crippen LogP contribution in [0.4, 0.5) is 0 Å². The number of nitrogens with one attached hydrogen (secondary N) is 1. The molecule has 17 heavy (non-hydrogen) atoms. The Balaban J connectivity index is 0.000000325. The number of hydrogen-bond donors (Lipinski definition) is 3. The summed E-state index contributed by atoms with van der Waals surface area (Å²) in [5.41, 5.74) is 2.98. The quantitative estimate of drug-likeness (QED) is 0.727. The van der Waals surface area contributed by atoms with Gasteiger partial charge in [0.15, 0.2) is 0 Å². The molecule has 0 saturated carbocycles. The highest BCUT2D eigenvalue weighted by Gasteiger charge is 2.07. The van der Waals surface area contributed by atoms with E-state index in [9.17, 15) is 4.57 Å². The van der Waals surface area contributed by atoms with Gasteiger partial charge in [-0.05, 0) is 24.0 Å². The van der Waals surface area contributed by atoms with Gasteiger partial charge in [-0.3, -0.25) is 0 Å². The van der Waals surface area contributed by atoms with Crippen LogP contribution >= 0.6 is 7.75 Å². The standard InChI is InChI=1S/C10H14.C2H8NO3P/c1-3-9-7-5-6-8-10(9)4-2;1-2-3-7(4,5)6/h5-8H,3-4H2,1-2H3;2H2,1H3,(H3,3,4,5,6). The van der Waals surface area contributed by atoms with Crippen LogP contribution in [0.15, 0.2) is 24.3 Å². The van der Waals surface area contributed by atoms with Crippen molar-refractivity contribution >= 4 is 7.75 Å². The van der Waals surface area contributed by atoms with Crippen LogP contribution in [-0.4, -0.2) is 16.3 Å². The number of benzene rings is 1. The monoisotopic (exact) mass is 259 g/mol. The minimum Gasteiger partial charge on any atom is -0.313 e. The molecule has 0 atom stereocenters.